The van der Waals surface area contributed by atoms with E-state index in [1.165, 1.54) is 4.68 Å². The summed E-state index contributed by atoms with van der Waals surface area (Å²) in [6.07, 6.45) is -4.64. The molecular formula is C37H34F7N9O4S2. The van der Waals surface area contributed by atoms with Crippen molar-refractivity contribution in [2.45, 2.75) is 62.9 Å². The normalized spacial score (nSPS) is 17.9. The third-order valence-electron chi connectivity index (χ3n) is 10.0. The van der Waals surface area contributed by atoms with Crippen molar-refractivity contribution >= 4 is 59.5 Å². The topological polar surface area (TPSA) is 169 Å². The highest BCUT2D eigenvalue weighted by Crippen LogP contribution is 2.68. The van der Waals surface area contributed by atoms with Crippen molar-refractivity contribution in [3.63, 3.8) is 0 Å². The lowest BCUT2D eigenvalue weighted by Crippen LogP contribution is -2.35. The molecule has 2 aliphatic carbocycles. The number of carbonyl (C=O) groups is 1. The molecule has 0 spiro atoms. The average molecular weight is 866 g/mol. The number of benzene rings is 2. The highest BCUT2D eigenvalue weighted by Gasteiger charge is 2.68. The molecule has 8 rings (SSSR count). The summed E-state index contributed by atoms with van der Waals surface area (Å²) in [5.41, 5.74) is -2.97. The first-order valence-corrected chi connectivity index (χ1v) is 20.7. The number of pyridine rings is 1. The summed E-state index contributed by atoms with van der Waals surface area (Å²) < 4.78 is 131. The van der Waals surface area contributed by atoms with Gasteiger partial charge in [-0.05, 0) is 62.4 Å². The number of halogens is 7. The molecule has 0 radical (unpaired) electrons. The Balaban J connectivity index is 1.28. The van der Waals surface area contributed by atoms with Gasteiger partial charge in [-0.2, -0.15) is 32.1 Å². The molecule has 59 heavy (non-hydrogen) atoms. The van der Waals surface area contributed by atoms with Crippen molar-refractivity contribution in [3.8, 4) is 11.1 Å². The number of thiazole rings is 1. The summed E-state index contributed by atoms with van der Waals surface area (Å²) in [5, 5.41) is 24.5. The Bertz CT molecular complexity index is 2780. The van der Waals surface area contributed by atoms with E-state index >= 15 is 8.78 Å². The van der Waals surface area contributed by atoms with E-state index in [1.807, 2.05) is 0 Å². The van der Waals surface area contributed by atoms with Crippen LogP contribution < -0.4 is 15.4 Å². The van der Waals surface area contributed by atoms with Crippen molar-refractivity contribution in [2.24, 2.45) is 13.0 Å². The molecule has 13 nitrogen and oxygen atoms in total. The maximum atomic E-state index is 15.4. The molecule has 2 aromatic carbocycles. The Hall–Kier alpha value is -5.35. The fraction of sp³-hybridized carbons (Fsp3) is 0.378. The van der Waals surface area contributed by atoms with Crippen molar-refractivity contribution in [1.82, 2.24) is 34.8 Å². The number of amides is 1. The number of hydrogen-bond donors (Lipinski definition) is 4. The molecule has 4 aromatic heterocycles. The predicted octanol–water partition coefficient (Wildman–Crippen LogP) is 6.60. The van der Waals surface area contributed by atoms with Crippen molar-refractivity contribution in [1.29, 1.82) is 0 Å². The minimum atomic E-state index is -5.07. The van der Waals surface area contributed by atoms with Crippen LogP contribution in [0.3, 0.4) is 0 Å². The number of hydrogen-bond acceptors (Lipinski definition) is 10. The van der Waals surface area contributed by atoms with Crippen LogP contribution in [0, 0.1) is 17.6 Å². The Morgan fingerprint density at radius 2 is 1.78 bits per heavy atom. The van der Waals surface area contributed by atoms with Gasteiger partial charge in [0.25, 0.3) is 5.92 Å². The first kappa shape index (κ1) is 40.4. The zero-order chi connectivity index (χ0) is 42.6. The van der Waals surface area contributed by atoms with Gasteiger partial charge >= 0.3 is 6.18 Å². The SMILES string of the molecule is Cn1nc(NS(C)(=O)=O)c2cccc(-c3cc4sc(NCC(C)(C)O)nc4nc3[C@H](Cc3cc(F)cc(F)c3)NC(=O)Cn3nc(C(F)(F)F)c4c3C(F)(F)C3C[C@H]43)c21. The summed E-state index contributed by atoms with van der Waals surface area (Å²) in [6, 6.07) is 7.86. The number of nitrogens with one attached hydrogen (secondary N) is 3. The summed E-state index contributed by atoms with van der Waals surface area (Å²) in [7, 11) is -2.23. The van der Waals surface area contributed by atoms with Crippen LogP contribution >= 0.6 is 11.3 Å². The molecule has 0 bridgehead atoms. The van der Waals surface area contributed by atoms with Crippen LogP contribution in [0.1, 0.15) is 60.4 Å². The van der Waals surface area contributed by atoms with Gasteiger partial charge < -0.3 is 15.7 Å². The second-order valence-electron chi connectivity index (χ2n) is 15.4. The van der Waals surface area contributed by atoms with Gasteiger partial charge in [0.15, 0.2) is 22.3 Å². The second-order valence-corrected chi connectivity index (χ2v) is 18.2. The van der Waals surface area contributed by atoms with Gasteiger partial charge in [0.2, 0.25) is 15.9 Å². The summed E-state index contributed by atoms with van der Waals surface area (Å²) in [5.74, 6) is -9.04. The van der Waals surface area contributed by atoms with Gasteiger partial charge in [0.1, 0.15) is 23.9 Å². The number of aryl methyl sites for hydroxylation is 1. The molecule has 22 heteroatoms. The van der Waals surface area contributed by atoms with Gasteiger partial charge in [-0.1, -0.05) is 23.5 Å². The predicted molar refractivity (Wildman–Crippen MR) is 203 cm³/mol. The number of para-hydroxylation sites is 1. The number of aliphatic hydroxyl groups is 1. The van der Waals surface area contributed by atoms with Crippen molar-refractivity contribution in [2.75, 3.05) is 22.8 Å². The number of sulfonamides is 1. The molecule has 0 aliphatic heterocycles. The first-order chi connectivity index (χ1) is 27.5. The van der Waals surface area contributed by atoms with Crippen molar-refractivity contribution in [3.05, 3.63) is 82.3 Å². The minimum absolute atomic E-state index is 0.00200. The number of anilines is 2. The van der Waals surface area contributed by atoms with Gasteiger partial charge in [-0.15, -0.1) is 0 Å². The lowest BCUT2D eigenvalue weighted by Gasteiger charge is -2.23. The van der Waals surface area contributed by atoms with Crippen LogP contribution in [-0.4, -0.2) is 67.4 Å². The summed E-state index contributed by atoms with van der Waals surface area (Å²) in [6.45, 7) is 2.18. The number of aromatic nitrogens is 6. The quantitative estimate of drug-likeness (QED) is 0.0991. The van der Waals surface area contributed by atoms with E-state index in [-0.39, 0.29) is 42.1 Å². The Morgan fingerprint density at radius 3 is 2.44 bits per heavy atom. The molecule has 0 saturated heterocycles. The number of nitrogens with zero attached hydrogens (tertiary/aromatic N) is 6. The molecule has 1 unspecified atom stereocenters. The first-order valence-electron chi connectivity index (χ1n) is 18.0. The highest BCUT2D eigenvalue weighted by atomic mass is 32.2. The Labute approximate surface area is 334 Å². The molecule has 3 atom stereocenters. The highest BCUT2D eigenvalue weighted by molar-refractivity contribution is 7.92. The molecule has 2 aliphatic rings. The maximum Gasteiger partial charge on any atom is 0.435 e. The summed E-state index contributed by atoms with van der Waals surface area (Å²) >= 11 is 1.16. The number of fused-ring (bicyclic) bond motifs is 5. The van der Waals surface area contributed by atoms with E-state index in [2.05, 4.69) is 30.5 Å². The number of rotatable bonds is 12. The van der Waals surface area contributed by atoms with Gasteiger partial charge in [-0.3, -0.25) is 18.9 Å². The fourth-order valence-electron chi connectivity index (χ4n) is 7.68. The van der Waals surface area contributed by atoms with E-state index in [0.717, 1.165) is 29.7 Å². The molecule has 6 aromatic rings. The van der Waals surface area contributed by atoms with Crippen LogP contribution in [0.2, 0.25) is 0 Å². The zero-order valence-electron chi connectivity index (χ0n) is 31.4. The van der Waals surface area contributed by atoms with Gasteiger partial charge in [0, 0.05) is 47.7 Å². The van der Waals surface area contributed by atoms with Crippen LogP contribution in [0.5, 0.6) is 0 Å². The van der Waals surface area contributed by atoms with E-state index in [0.29, 0.717) is 42.6 Å². The second kappa shape index (κ2) is 13.9. The maximum absolute atomic E-state index is 15.4. The molecule has 4 N–H and O–H groups in total. The van der Waals surface area contributed by atoms with E-state index in [1.54, 1.807) is 45.2 Å². The Kier molecular flexibility index (Phi) is 9.50. The smallest absolute Gasteiger partial charge is 0.389 e. The van der Waals surface area contributed by atoms with Crippen LogP contribution in [0.15, 0.2) is 42.5 Å². The van der Waals surface area contributed by atoms with Crippen LogP contribution in [0.25, 0.3) is 32.4 Å². The third kappa shape index (κ3) is 7.79. The third-order valence-corrected chi connectivity index (χ3v) is 11.6. The van der Waals surface area contributed by atoms with Crippen LogP contribution in [-0.2, 0) is 46.9 Å². The summed E-state index contributed by atoms with van der Waals surface area (Å²) in [4.78, 5) is 23.3. The molecular weight excluding hydrogens is 832 g/mol. The van der Waals surface area contributed by atoms with E-state index < -0.39 is 86.6 Å². The lowest BCUT2D eigenvalue weighted by atomic mass is 9.94. The monoisotopic (exact) mass is 865 g/mol. The number of carbonyl (C=O) groups excluding carboxylic acids is 1. The zero-order valence-corrected chi connectivity index (χ0v) is 33.1. The fourth-order valence-corrected chi connectivity index (χ4v) is 9.03. The van der Waals surface area contributed by atoms with Gasteiger partial charge in [-0.25, -0.2) is 27.2 Å². The number of alkyl halides is 5. The molecule has 4 heterocycles. The Morgan fingerprint density at radius 1 is 1.07 bits per heavy atom. The molecule has 1 amide bonds. The van der Waals surface area contributed by atoms with E-state index in [4.69, 9.17) is 4.98 Å². The lowest BCUT2D eigenvalue weighted by molar-refractivity contribution is -0.142. The molecule has 1 fully saturated rings. The largest absolute Gasteiger partial charge is 0.435 e. The molecule has 312 valence electrons. The average Bonchev–Trinajstić information content (AvgIpc) is 3.38. The van der Waals surface area contributed by atoms with Crippen molar-refractivity contribution < 1.29 is 49.1 Å². The minimum Gasteiger partial charge on any atom is -0.389 e. The molecule has 1 saturated carbocycles. The van der Waals surface area contributed by atoms with E-state index in [9.17, 15) is 40.3 Å². The van der Waals surface area contributed by atoms with Gasteiger partial charge in [0.05, 0.1) is 33.8 Å². The standard InChI is InChI=1S/C37H34F7N9O4S2/c1-35(2,55)15-45-34-48-33-25(58-34)13-21(19-6-5-7-20-29(19)52(3)50-32(20)51-59(4,56)57)28(47-33)24(10-16-8-17(38)11-18(39)9-16)46-26(54)14-53-31-27(30(49-53)37(42,43)44)22-12-23(22)36(31,40)41/h5-9,11,13,22-24,55H,10,12,14-15H2,1-4H3,(H,46,54)(H,50,51)(H,45,47,48)/t22-,23?,24-/m0/s1. The van der Waals surface area contributed by atoms with Crippen LogP contribution in [0.4, 0.5) is 41.7 Å².